The third-order valence-corrected chi connectivity index (χ3v) is 3.71. The van der Waals surface area contributed by atoms with Crippen LogP contribution in [0.2, 0.25) is 0 Å². The van der Waals surface area contributed by atoms with Crippen molar-refractivity contribution < 1.29 is 14.3 Å². The minimum Gasteiger partial charge on any atom is -0.497 e. The highest BCUT2D eigenvalue weighted by Gasteiger charge is 2.29. The summed E-state index contributed by atoms with van der Waals surface area (Å²) in [5, 5.41) is 2.91. The van der Waals surface area contributed by atoms with Gasteiger partial charge in [-0.3, -0.25) is 4.79 Å². The first-order valence-corrected chi connectivity index (χ1v) is 6.70. The van der Waals surface area contributed by atoms with Gasteiger partial charge in [0, 0.05) is 18.7 Å². The number of hydrogen-bond acceptors (Lipinski definition) is 4. The Morgan fingerprint density at radius 2 is 2.05 bits per heavy atom. The zero-order chi connectivity index (χ0) is 15.2. The van der Waals surface area contributed by atoms with Crippen molar-refractivity contribution >= 4 is 5.91 Å². The number of amides is 1. The monoisotopic (exact) mass is 280 g/mol. The largest absolute Gasteiger partial charge is 0.497 e. The van der Waals surface area contributed by atoms with Crippen LogP contribution >= 0.6 is 0 Å². The minimum atomic E-state index is -0.536. The van der Waals surface area contributed by atoms with Crippen molar-refractivity contribution in [1.29, 1.82) is 0 Å². The summed E-state index contributed by atoms with van der Waals surface area (Å²) in [4.78, 5) is 12.2. The number of nitrogens with one attached hydrogen (secondary N) is 1. The lowest BCUT2D eigenvalue weighted by Crippen LogP contribution is -2.43. The molecule has 0 radical (unpaired) electrons. The van der Waals surface area contributed by atoms with Gasteiger partial charge in [-0.1, -0.05) is 6.92 Å². The number of rotatable bonds is 7. The summed E-state index contributed by atoms with van der Waals surface area (Å²) in [5.74, 6) is 1.40. The van der Waals surface area contributed by atoms with Crippen LogP contribution in [0, 0.1) is 5.41 Å². The Balaban J connectivity index is 2.81. The average Bonchev–Trinajstić information content (AvgIpc) is 2.51. The fraction of sp³-hybridized carbons (Fsp3) is 0.533. The van der Waals surface area contributed by atoms with Crippen molar-refractivity contribution in [2.75, 3.05) is 20.8 Å². The van der Waals surface area contributed by atoms with Gasteiger partial charge in [0.2, 0.25) is 5.91 Å². The molecule has 1 unspecified atom stereocenters. The molecule has 0 aliphatic carbocycles. The summed E-state index contributed by atoms with van der Waals surface area (Å²) in [5.41, 5.74) is 6.02. The normalized spacial score (nSPS) is 13.4. The van der Waals surface area contributed by atoms with E-state index in [1.54, 1.807) is 14.2 Å². The first kappa shape index (κ1) is 16.3. The molecular weight excluding hydrogens is 256 g/mol. The smallest absolute Gasteiger partial charge is 0.227 e. The molecule has 5 heteroatoms. The first-order valence-electron chi connectivity index (χ1n) is 6.70. The van der Waals surface area contributed by atoms with Crippen molar-refractivity contribution in [3.63, 3.8) is 0 Å². The summed E-state index contributed by atoms with van der Waals surface area (Å²) in [6.45, 7) is 4.53. The van der Waals surface area contributed by atoms with E-state index in [1.165, 1.54) is 0 Å². The van der Waals surface area contributed by atoms with Gasteiger partial charge in [-0.25, -0.2) is 0 Å². The predicted octanol–water partition coefficient (Wildman–Crippen LogP) is 1.69. The summed E-state index contributed by atoms with van der Waals surface area (Å²) in [6, 6.07) is 5.49. The summed E-state index contributed by atoms with van der Waals surface area (Å²) < 4.78 is 10.5. The van der Waals surface area contributed by atoms with Gasteiger partial charge >= 0.3 is 0 Å². The van der Waals surface area contributed by atoms with Gasteiger partial charge in [-0.05, 0) is 31.5 Å². The van der Waals surface area contributed by atoms with E-state index in [1.807, 2.05) is 32.0 Å². The zero-order valence-corrected chi connectivity index (χ0v) is 12.7. The van der Waals surface area contributed by atoms with E-state index in [0.29, 0.717) is 19.5 Å². The Kier molecular flexibility index (Phi) is 5.82. The maximum absolute atomic E-state index is 12.2. The van der Waals surface area contributed by atoms with Gasteiger partial charge < -0.3 is 20.5 Å². The van der Waals surface area contributed by atoms with Gasteiger partial charge in [-0.15, -0.1) is 0 Å². The molecule has 1 aromatic rings. The van der Waals surface area contributed by atoms with E-state index in [2.05, 4.69) is 5.32 Å². The van der Waals surface area contributed by atoms with Crippen LogP contribution in [0.5, 0.6) is 11.5 Å². The number of methoxy groups -OCH3 is 2. The Morgan fingerprint density at radius 1 is 1.35 bits per heavy atom. The fourth-order valence-corrected chi connectivity index (χ4v) is 1.81. The molecule has 0 heterocycles. The number of carbonyl (C=O) groups is 1. The van der Waals surface area contributed by atoms with Gasteiger partial charge in [-0.2, -0.15) is 0 Å². The summed E-state index contributed by atoms with van der Waals surface area (Å²) >= 11 is 0. The van der Waals surface area contributed by atoms with Crippen LogP contribution in [0.4, 0.5) is 0 Å². The minimum absolute atomic E-state index is 0.0487. The number of ether oxygens (including phenoxy) is 2. The Bertz CT molecular complexity index is 456. The molecule has 0 saturated carbocycles. The highest BCUT2D eigenvalue weighted by Crippen LogP contribution is 2.25. The maximum Gasteiger partial charge on any atom is 0.227 e. The molecule has 1 aromatic carbocycles. The number of benzene rings is 1. The SMILES string of the molecule is CCC(C)(CN)C(=O)NCc1cc(OC)ccc1OC. The van der Waals surface area contributed by atoms with Gasteiger partial charge in [0.05, 0.1) is 19.6 Å². The zero-order valence-electron chi connectivity index (χ0n) is 12.7. The molecule has 1 atom stereocenters. The molecular formula is C15H24N2O3. The molecule has 1 amide bonds. The molecule has 0 aromatic heterocycles. The molecule has 20 heavy (non-hydrogen) atoms. The molecule has 0 aliphatic heterocycles. The quantitative estimate of drug-likeness (QED) is 0.797. The Labute approximate surface area is 120 Å². The van der Waals surface area contributed by atoms with Crippen LogP contribution in [-0.4, -0.2) is 26.7 Å². The van der Waals surface area contributed by atoms with E-state index in [4.69, 9.17) is 15.2 Å². The van der Waals surface area contributed by atoms with Gasteiger partial charge in [0.25, 0.3) is 0 Å². The molecule has 3 N–H and O–H groups in total. The first-order chi connectivity index (χ1) is 9.50. The van der Waals surface area contributed by atoms with Crippen molar-refractivity contribution in [3.8, 4) is 11.5 Å². The van der Waals surface area contributed by atoms with Gasteiger partial charge in [0.15, 0.2) is 0 Å². The summed E-state index contributed by atoms with van der Waals surface area (Å²) in [6.07, 6.45) is 0.699. The maximum atomic E-state index is 12.2. The second kappa shape index (κ2) is 7.14. The molecule has 0 aliphatic rings. The van der Waals surface area contributed by atoms with Crippen LogP contribution in [0.15, 0.2) is 18.2 Å². The van der Waals surface area contributed by atoms with Crippen LogP contribution in [0.25, 0.3) is 0 Å². The molecule has 5 nitrogen and oxygen atoms in total. The van der Waals surface area contributed by atoms with E-state index >= 15 is 0 Å². The van der Waals surface area contributed by atoms with E-state index < -0.39 is 5.41 Å². The highest BCUT2D eigenvalue weighted by atomic mass is 16.5. The number of nitrogens with two attached hydrogens (primary N) is 1. The molecule has 0 saturated heterocycles. The molecule has 0 bridgehead atoms. The standard InChI is InChI=1S/C15H24N2O3/c1-5-15(2,10-16)14(18)17-9-11-8-12(19-3)6-7-13(11)20-4/h6-8H,5,9-10,16H2,1-4H3,(H,17,18). The van der Waals surface area contributed by atoms with E-state index in [9.17, 15) is 4.79 Å². The predicted molar refractivity (Wildman–Crippen MR) is 78.8 cm³/mol. The lowest BCUT2D eigenvalue weighted by Gasteiger charge is -2.25. The molecule has 0 spiro atoms. The average molecular weight is 280 g/mol. The fourth-order valence-electron chi connectivity index (χ4n) is 1.81. The number of hydrogen-bond donors (Lipinski definition) is 2. The van der Waals surface area contributed by atoms with E-state index in [0.717, 1.165) is 17.1 Å². The molecule has 112 valence electrons. The number of carbonyl (C=O) groups excluding carboxylic acids is 1. The van der Waals surface area contributed by atoms with Crippen molar-refractivity contribution in [3.05, 3.63) is 23.8 Å². The van der Waals surface area contributed by atoms with Crippen LogP contribution < -0.4 is 20.5 Å². The van der Waals surface area contributed by atoms with Crippen molar-refractivity contribution in [2.45, 2.75) is 26.8 Å². The molecule has 1 rings (SSSR count). The molecule has 0 fully saturated rings. The topological polar surface area (TPSA) is 73.6 Å². The van der Waals surface area contributed by atoms with Crippen LogP contribution in [-0.2, 0) is 11.3 Å². The van der Waals surface area contributed by atoms with Crippen LogP contribution in [0.3, 0.4) is 0 Å². The lowest BCUT2D eigenvalue weighted by molar-refractivity contribution is -0.130. The second-order valence-corrected chi connectivity index (χ2v) is 4.98. The van der Waals surface area contributed by atoms with Crippen molar-refractivity contribution in [1.82, 2.24) is 5.32 Å². The third kappa shape index (κ3) is 3.63. The Morgan fingerprint density at radius 3 is 2.55 bits per heavy atom. The van der Waals surface area contributed by atoms with E-state index in [-0.39, 0.29) is 5.91 Å². The summed E-state index contributed by atoms with van der Waals surface area (Å²) in [7, 11) is 3.20. The Hall–Kier alpha value is -1.75. The van der Waals surface area contributed by atoms with Gasteiger partial charge in [0.1, 0.15) is 11.5 Å². The third-order valence-electron chi connectivity index (χ3n) is 3.71. The highest BCUT2D eigenvalue weighted by molar-refractivity contribution is 5.82. The van der Waals surface area contributed by atoms with Crippen molar-refractivity contribution in [2.24, 2.45) is 11.1 Å². The second-order valence-electron chi connectivity index (χ2n) is 4.98. The lowest BCUT2D eigenvalue weighted by atomic mass is 9.86. The van der Waals surface area contributed by atoms with Crippen LogP contribution in [0.1, 0.15) is 25.8 Å².